The van der Waals surface area contributed by atoms with E-state index in [4.69, 9.17) is 0 Å². The Morgan fingerprint density at radius 1 is 1.05 bits per heavy atom. The molecule has 1 aromatic carbocycles. The van der Waals surface area contributed by atoms with Crippen molar-refractivity contribution in [1.29, 1.82) is 0 Å². The first-order chi connectivity index (χ1) is 9.19. The quantitative estimate of drug-likeness (QED) is 0.904. The van der Waals surface area contributed by atoms with Crippen LogP contribution in [-0.2, 0) is 4.74 Å². The molecular weight excluding hydrogens is 264 g/mol. The summed E-state index contributed by atoms with van der Waals surface area (Å²) in [6, 6.07) is 10.4. The van der Waals surface area contributed by atoms with E-state index in [0.717, 1.165) is 0 Å². The lowest BCUT2D eigenvalue weighted by Crippen LogP contribution is -2.12. The number of anilines is 2. The first kappa shape index (κ1) is 13.1. The second kappa shape index (κ2) is 6.01. The summed E-state index contributed by atoms with van der Waals surface area (Å²) in [6.45, 7) is 0. The first-order valence-corrected chi connectivity index (χ1v) is 6.37. The molecule has 0 aliphatic carbocycles. The van der Waals surface area contributed by atoms with Crippen LogP contribution in [0.3, 0.4) is 0 Å². The fourth-order valence-electron chi connectivity index (χ4n) is 1.41. The summed E-state index contributed by atoms with van der Waals surface area (Å²) in [6.07, 6.45) is -0.532. The Hall–Kier alpha value is -2.34. The molecule has 0 fully saturated rings. The molecule has 0 spiro atoms. The van der Waals surface area contributed by atoms with Crippen LogP contribution in [-0.4, -0.2) is 19.1 Å². The van der Waals surface area contributed by atoms with E-state index < -0.39 is 6.09 Å². The molecule has 2 N–H and O–H groups in total. The maximum atomic E-state index is 11.8. The van der Waals surface area contributed by atoms with Crippen molar-refractivity contribution in [2.45, 2.75) is 0 Å². The number of nitrogens with one attached hydrogen (secondary N) is 2. The van der Waals surface area contributed by atoms with Gasteiger partial charge in [-0.1, -0.05) is 6.07 Å². The topological polar surface area (TPSA) is 67.4 Å². The van der Waals surface area contributed by atoms with Gasteiger partial charge in [0.15, 0.2) is 0 Å². The van der Waals surface area contributed by atoms with E-state index >= 15 is 0 Å². The molecule has 0 atom stereocenters. The van der Waals surface area contributed by atoms with Crippen molar-refractivity contribution in [2.75, 3.05) is 17.7 Å². The molecule has 2 amide bonds. The fourth-order valence-corrected chi connectivity index (χ4v) is 2.03. The van der Waals surface area contributed by atoms with Gasteiger partial charge < -0.3 is 10.1 Å². The normalized spacial score (nSPS) is 9.74. The standard InChI is InChI=1S/C13H12N2O3S/c1-18-13(17)15-10-6-4-9(5-7-10)14-12(16)11-3-2-8-19-11/h2-8H,1H3,(H,14,16)(H,15,17). The van der Waals surface area contributed by atoms with E-state index in [0.29, 0.717) is 16.3 Å². The maximum Gasteiger partial charge on any atom is 0.411 e. The van der Waals surface area contributed by atoms with E-state index in [2.05, 4.69) is 15.4 Å². The molecule has 0 unspecified atom stereocenters. The highest BCUT2D eigenvalue weighted by Crippen LogP contribution is 2.16. The molecule has 98 valence electrons. The van der Waals surface area contributed by atoms with Crippen molar-refractivity contribution in [2.24, 2.45) is 0 Å². The van der Waals surface area contributed by atoms with Crippen LogP contribution < -0.4 is 10.6 Å². The molecule has 1 heterocycles. The van der Waals surface area contributed by atoms with Crippen LogP contribution in [0, 0.1) is 0 Å². The van der Waals surface area contributed by atoms with E-state index in [1.165, 1.54) is 18.4 Å². The van der Waals surface area contributed by atoms with E-state index in [-0.39, 0.29) is 5.91 Å². The summed E-state index contributed by atoms with van der Waals surface area (Å²) in [5.41, 5.74) is 1.26. The zero-order chi connectivity index (χ0) is 13.7. The van der Waals surface area contributed by atoms with Gasteiger partial charge in [-0.25, -0.2) is 4.79 Å². The Morgan fingerprint density at radius 3 is 2.21 bits per heavy atom. The van der Waals surface area contributed by atoms with Gasteiger partial charge in [-0.2, -0.15) is 0 Å². The van der Waals surface area contributed by atoms with Gasteiger partial charge in [0.1, 0.15) is 0 Å². The Bertz CT molecular complexity index is 564. The van der Waals surface area contributed by atoms with Crippen LogP contribution >= 0.6 is 11.3 Å². The van der Waals surface area contributed by atoms with E-state index in [1.807, 2.05) is 11.4 Å². The van der Waals surface area contributed by atoms with Gasteiger partial charge in [0.2, 0.25) is 0 Å². The molecule has 1 aromatic heterocycles. The Labute approximate surface area is 114 Å². The van der Waals surface area contributed by atoms with Crippen LogP contribution in [0.4, 0.5) is 16.2 Å². The lowest BCUT2D eigenvalue weighted by molar-refractivity contribution is 0.103. The number of benzene rings is 1. The number of thiophene rings is 1. The lowest BCUT2D eigenvalue weighted by atomic mass is 10.2. The molecule has 0 radical (unpaired) electrons. The Kier molecular flexibility index (Phi) is 4.15. The molecule has 6 heteroatoms. The van der Waals surface area contributed by atoms with Gasteiger partial charge in [-0.05, 0) is 35.7 Å². The molecule has 0 aliphatic rings. The molecule has 19 heavy (non-hydrogen) atoms. The second-order valence-electron chi connectivity index (χ2n) is 3.63. The average molecular weight is 276 g/mol. The minimum atomic E-state index is -0.532. The summed E-state index contributed by atoms with van der Waals surface area (Å²) in [5.74, 6) is -0.149. The number of hydrogen-bond donors (Lipinski definition) is 2. The van der Waals surface area contributed by atoms with Crippen molar-refractivity contribution < 1.29 is 14.3 Å². The number of methoxy groups -OCH3 is 1. The smallest absolute Gasteiger partial charge is 0.411 e. The molecule has 2 aromatic rings. The predicted octanol–water partition coefficient (Wildman–Crippen LogP) is 3.18. The van der Waals surface area contributed by atoms with Crippen LogP contribution in [0.15, 0.2) is 41.8 Å². The van der Waals surface area contributed by atoms with Gasteiger partial charge in [0.05, 0.1) is 12.0 Å². The summed E-state index contributed by atoms with van der Waals surface area (Å²) < 4.78 is 4.48. The van der Waals surface area contributed by atoms with Crippen LogP contribution in [0.1, 0.15) is 9.67 Å². The average Bonchev–Trinajstić information content (AvgIpc) is 2.95. The third-order valence-corrected chi connectivity index (χ3v) is 3.19. The van der Waals surface area contributed by atoms with Crippen molar-refractivity contribution in [3.63, 3.8) is 0 Å². The molecule has 0 aliphatic heterocycles. The highest BCUT2D eigenvalue weighted by Gasteiger charge is 2.07. The van der Waals surface area contributed by atoms with Gasteiger partial charge >= 0.3 is 6.09 Å². The van der Waals surface area contributed by atoms with Crippen molar-refractivity contribution >= 4 is 34.7 Å². The van der Waals surface area contributed by atoms with Crippen LogP contribution in [0.5, 0.6) is 0 Å². The number of carbonyl (C=O) groups is 2. The van der Waals surface area contributed by atoms with Gasteiger partial charge in [-0.3, -0.25) is 10.1 Å². The Morgan fingerprint density at radius 2 is 1.68 bits per heavy atom. The van der Waals surface area contributed by atoms with Crippen molar-refractivity contribution in [3.8, 4) is 0 Å². The van der Waals surface area contributed by atoms with Gasteiger partial charge in [0, 0.05) is 11.4 Å². The van der Waals surface area contributed by atoms with Crippen LogP contribution in [0.25, 0.3) is 0 Å². The van der Waals surface area contributed by atoms with Crippen LogP contribution in [0.2, 0.25) is 0 Å². The monoisotopic (exact) mass is 276 g/mol. The molecule has 0 saturated carbocycles. The summed E-state index contributed by atoms with van der Waals surface area (Å²) in [5, 5.41) is 7.14. The third-order valence-electron chi connectivity index (χ3n) is 2.32. The fraction of sp³-hybridized carbons (Fsp3) is 0.0769. The summed E-state index contributed by atoms with van der Waals surface area (Å²) in [4.78, 5) is 23.4. The zero-order valence-corrected chi connectivity index (χ0v) is 11.0. The maximum absolute atomic E-state index is 11.8. The molecule has 5 nitrogen and oxygen atoms in total. The summed E-state index contributed by atoms with van der Waals surface area (Å²) >= 11 is 1.38. The first-order valence-electron chi connectivity index (χ1n) is 5.49. The lowest BCUT2D eigenvalue weighted by Gasteiger charge is -2.06. The number of rotatable bonds is 3. The highest BCUT2D eigenvalue weighted by molar-refractivity contribution is 7.12. The zero-order valence-electron chi connectivity index (χ0n) is 10.2. The van der Waals surface area contributed by atoms with E-state index in [1.54, 1.807) is 30.3 Å². The minimum Gasteiger partial charge on any atom is -0.453 e. The largest absolute Gasteiger partial charge is 0.453 e. The van der Waals surface area contributed by atoms with Crippen molar-refractivity contribution in [1.82, 2.24) is 0 Å². The number of amides is 2. The Balaban J connectivity index is 1.99. The predicted molar refractivity (Wildman–Crippen MR) is 74.7 cm³/mol. The molecule has 2 rings (SSSR count). The highest BCUT2D eigenvalue weighted by atomic mass is 32.1. The molecule has 0 saturated heterocycles. The SMILES string of the molecule is COC(=O)Nc1ccc(NC(=O)c2cccs2)cc1. The van der Waals surface area contributed by atoms with Gasteiger partial charge in [-0.15, -0.1) is 11.3 Å². The second-order valence-corrected chi connectivity index (χ2v) is 4.57. The minimum absolute atomic E-state index is 0.149. The van der Waals surface area contributed by atoms with E-state index in [9.17, 15) is 9.59 Å². The van der Waals surface area contributed by atoms with Crippen molar-refractivity contribution in [3.05, 3.63) is 46.7 Å². The van der Waals surface area contributed by atoms with Gasteiger partial charge in [0.25, 0.3) is 5.91 Å². The third kappa shape index (κ3) is 3.56. The molecule has 0 bridgehead atoms. The number of ether oxygens (including phenoxy) is 1. The summed E-state index contributed by atoms with van der Waals surface area (Å²) in [7, 11) is 1.30. The number of hydrogen-bond acceptors (Lipinski definition) is 4. The molecular formula is C13H12N2O3S. The number of carbonyl (C=O) groups excluding carboxylic acids is 2.